The fraction of sp³-hybridized carbons (Fsp3) is 0.889. The van der Waals surface area contributed by atoms with E-state index in [1.54, 1.807) is 0 Å². The van der Waals surface area contributed by atoms with E-state index in [0.29, 0.717) is 6.54 Å². The van der Waals surface area contributed by atoms with Gasteiger partial charge in [0.05, 0.1) is 6.54 Å². The van der Waals surface area contributed by atoms with Crippen LogP contribution in [-0.4, -0.2) is 35.6 Å². The molecular weight excluding hydrogens is 154 g/mol. The normalized spacial score (nSPS) is 27.0. The Morgan fingerprint density at radius 3 is 2.50 bits per heavy atom. The Morgan fingerprint density at radius 2 is 2.08 bits per heavy atom. The highest BCUT2D eigenvalue weighted by Gasteiger charge is 2.30. The first kappa shape index (κ1) is 9.52. The van der Waals surface area contributed by atoms with Crippen LogP contribution in [0.3, 0.4) is 0 Å². The van der Waals surface area contributed by atoms with E-state index in [4.69, 9.17) is 4.74 Å². The molecule has 0 aromatic heterocycles. The molecule has 0 N–H and O–H groups in total. The lowest BCUT2D eigenvalue weighted by molar-refractivity contribution is -0.160. The number of esters is 1. The van der Waals surface area contributed by atoms with Gasteiger partial charge in [-0.2, -0.15) is 0 Å². The summed E-state index contributed by atoms with van der Waals surface area (Å²) in [7, 11) is 0. The molecule has 0 amide bonds. The van der Waals surface area contributed by atoms with E-state index >= 15 is 0 Å². The van der Waals surface area contributed by atoms with Crippen LogP contribution in [0.2, 0.25) is 0 Å². The van der Waals surface area contributed by atoms with E-state index in [-0.39, 0.29) is 17.6 Å². The van der Waals surface area contributed by atoms with Gasteiger partial charge in [-0.3, -0.25) is 9.69 Å². The van der Waals surface area contributed by atoms with Crippen LogP contribution in [-0.2, 0) is 9.53 Å². The van der Waals surface area contributed by atoms with Crippen LogP contribution >= 0.6 is 0 Å². The first-order valence-corrected chi connectivity index (χ1v) is 4.34. The van der Waals surface area contributed by atoms with E-state index in [1.807, 2.05) is 6.92 Å². The summed E-state index contributed by atoms with van der Waals surface area (Å²) in [5.41, 5.74) is 0.0632. The third kappa shape index (κ3) is 2.21. The number of carbonyl (C=O) groups excluding carboxylic acids is 1. The van der Waals surface area contributed by atoms with E-state index in [2.05, 4.69) is 25.7 Å². The smallest absolute Gasteiger partial charge is 0.320 e. The molecule has 1 aliphatic heterocycles. The maximum atomic E-state index is 11.1. The molecule has 0 aromatic rings. The standard InChI is InChI=1S/C9H17NO2/c1-7-5-10(9(2,3)4)6-8(11)12-7/h7H,5-6H2,1-4H3. The molecular formula is C9H17NO2. The zero-order chi connectivity index (χ0) is 9.35. The summed E-state index contributed by atoms with van der Waals surface area (Å²) >= 11 is 0. The number of ether oxygens (including phenoxy) is 1. The first-order valence-electron chi connectivity index (χ1n) is 4.34. The van der Waals surface area contributed by atoms with Crippen molar-refractivity contribution in [2.45, 2.75) is 39.3 Å². The summed E-state index contributed by atoms with van der Waals surface area (Å²) in [6.07, 6.45) is 0.0328. The molecule has 0 saturated carbocycles. The maximum Gasteiger partial charge on any atom is 0.320 e. The van der Waals surface area contributed by atoms with Crippen molar-refractivity contribution in [3.63, 3.8) is 0 Å². The number of rotatable bonds is 0. The van der Waals surface area contributed by atoms with Gasteiger partial charge in [0, 0.05) is 12.1 Å². The van der Waals surface area contributed by atoms with Crippen molar-refractivity contribution in [1.82, 2.24) is 4.90 Å². The molecule has 1 aliphatic rings. The molecule has 0 aliphatic carbocycles. The summed E-state index contributed by atoms with van der Waals surface area (Å²) < 4.78 is 5.03. The van der Waals surface area contributed by atoms with Crippen molar-refractivity contribution >= 4 is 5.97 Å². The lowest BCUT2D eigenvalue weighted by atomic mass is 10.0. The summed E-state index contributed by atoms with van der Waals surface area (Å²) in [5, 5.41) is 0. The largest absolute Gasteiger partial charge is 0.460 e. The molecule has 12 heavy (non-hydrogen) atoms. The molecule has 1 unspecified atom stereocenters. The molecule has 0 radical (unpaired) electrons. The predicted molar refractivity (Wildman–Crippen MR) is 46.9 cm³/mol. The Labute approximate surface area is 73.7 Å². The highest BCUT2D eigenvalue weighted by molar-refractivity contribution is 5.72. The second-order valence-corrected chi connectivity index (χ2v) is 4.35. The minimum atomic E-state index is -0.108. The van der Waals surface area contributed by atoms with E-state index in [9.17, 15) is 4.79 Å². The zero-order valence-electron chi connectivity index (χ0n) is 8.26. The van der Waals surface area contributed by atoms with Gasteiger partial charge < -0.3 is 4.74 Å². The number of morpholine rings is 1. The molecule has 70 valence electrons. The van der Waals surface area contributed by atoms with Crippen LogP contribution in [0.15, 0.2) is 0 Å². The molecule has 1 heterocycles. The first-order chi connectivity index (χ1) is 5.39. The quantitative estimate of drug-likeness (QED) is 0.510. The molecule has 0 aromatic carbocycles. The zero-order valence-corrected chi connectivity index (χ0v) is 8.26. The lowest BCUT2D eigenvalue weighted by Crippen LogP contribution is -2.52. The molecule has 1 fully saturated rings. The van der Waals surface area contributed by atoms with Crippen LogP contribution in [0.25, 0.3) is 0 Å². The summed E-state index contributed by atoms with van der Waals surface area (Å²) in [5.74, 6) is -0.108. The van der Waals surface area contributed by atoms with Gasteiger partial charge in [0.15, 0.2) is 0 Å². The van der Waals surface area contributed by atoms with Crippen molar-refractivity contribution in [1.29, 1.82) is 0 Å². The number of hydrogen-bond donors (Lipinski definition) is 0. The monoisotopic (exact) mass is 171 g/mol. The SMILES string of the molecule is CC1CN(C(C)(C)C)CC(=O)O1. The van der Waals surface area contributed by atoms with E-state index in [1.165, 1.54) is 0 Å². The average Bonchev–Trinajstić information content (AvgIpc) is 1.82. The van der Waals surface area contributed by atoms with Crippen LogP contribution in [0.5, 0.6) is 0 Å². The van der Waals surface area contributed by atoms with Gasteiger partial charge in [-0.25, -0.2) is 0 Å². The van der Waals surface area contributed by atoms with Gasteiger partial charge in [-0.05, 0) is 27.7 Å². The highest BCUT2D eigenvalue weighted by atomic mass is 16.5. The second-order valence-electron chi connectivity index (χ2n) is 4.35. The van der Waals surface area contributed by atoms with E-state index in [0.717, 1.165) is 6.54 Å². The Balaban J connectivity index is 2.62. The van der Waals surface area contributed by atoms with Crippen molar-refractivity contribution in [3.8, 4) is 0 Å². The molecule has 1 atom stereocenters. The molecule has 1 rings (SSSR count). The highest BCUT2D eigenvalue weighted by Crippen LogP contribution is 2.17. The van der Waals surface area contributed by atoms with Crippen molar-refractivity contribution in [2.75, 3.05) is 13.1 Å². The van der Waals surface area contributed by atoms with Crippen LogP contribution in [0.4, 0.5) is 0 Å². The fourth-order valence-corrected chi connectivity index (χ4v) is 1.34. The summed E-state index contributed by atoms with van der Waals surface area (Å²) in [6.45, 7) is 9.52. The van der Waals surface area contributed by atoms with Crippen molar-refractivity contribution in [3.05, 3.63) is 0 Å². The van der Waals surface area contributed by atoms with Gasteiger partial charge in [0.25, 0.3) is 0 Å². The van der Waals surface area contributed by atoms with Crippen molar-refractivity contribution in [2.24, 2.45) is 0 Å². The number of hydrogen-bond acceptors (Lipinski definition) is 3. The molecule has 3 nitrogen and oxygen atoms in total. The van der Waals surface area contributed by atoms with Gasteiger partial charge in [0.1, 0.15) is 6.10 Å². The van der Waals surface area contributed by atoms with Gasteiger partial charge in [0.2, 0.25) is 0 Å². The molecule has 1 saturated heterocycles. The number of cyclic esters (lactones) is 1. The van der Waals surface area contributed by atoms with Crippen molar-refractivity contribution < 1.29 is 9.53 Å². The Kier molecular flexibility index (Phi) is 2.42. The maximum absolute atomic E-state index is 11.1. The van der Waals surface area contributed by atoms with Gasteiger partial charge >= 0.3 is 5.97 Å². The Hall–Kier alpha value is -0.570. The van der Waals surface area contributed by atoms with Gasteiger partial charge in [-0.1, -0.05) is 0 Å². The number of nitrogens with zero attached hydrogens (tertiary/aromatic N) is 1. The average molecular weight is 171 g/mol. The Bertz CT molecular complexity index is 183. The lowest BCUT2D eigenvalue weighted by Gasteiger charge is -2.39. The second kappa shape index (κ2) is 3.05. The van der Waals surface area contributed by atoms with Crippen LogP contribution in [0.1, 0.15) is 27.7 Å². The van der Waals surface area contributed by atoms with E-state index < -0.39 is 0 Å². The van der Waals surface area contributed by atoms with Gasteiger partial charge in [-0.15, -0.1) is 0 Å². The third-order valence-electron chi connectivity index (χ3n) is 2.08. The topological polar surface area (TPSA) is 29.5 Å². The minimum absolute atomic E-state index is 0.0328. The summed E-state index contributed by atoms with van der Waals surface area (Å²) in [4.78, 5) is 13.2. The predicted octanol–water partition coefficient (Wildman–Crippen LogP) is 1.03. The summed E-state index contributed by atoms with van der Waals surface area (Å²) in [6, 6.07) is 0. The minimum Gasteiger partial charge on any atom is -0.460 e. The van der Waals surface area contributed by atoms with Crippen LogP contribution in [0, 0.1) is 0 Å². The number of carbonyl (C=O) groups is 1. The van der Waals surface area contributed by atoms with Crippen LogP contribution < -0.4 is 0 Å². The third-order valence-corrected chi connectivity index (χ3v) is 2.08. The fourth-order valence-electron chi connectivity index (χ4n) is 1.34. The molecule has 0 spiro atoms. The molecule has 3 heteroatoms. The molecule has 0 bridgehead atoms. The Morgan fingerprint density at radius 1 is 1.50 bits per heavy atom.